The third-order valence-electron chi connectivity index (χ3n) is 3.14. The average molecular weight is 274 g/mol. The Balaban J connectivity index is 1.79. The van der Waals surface area contributed by atoms with Crippen molar-refractivity contribution in [2.45, 2.75) is 19.3 Å². The van der Waals surface area contributed by atoms with Crippen molar-refractivity contribution in [3.63, 3.8) is 0 Å². The Bertz CT molecular complexity index is 563. The van der Waals surface area contributed by atoms with Gasteiger partial charge in [0.05, 0.1) is 12.4 Å². The summed E-state index contributed by atoms with van der Waals surface area (Å²) in [6, 6.07) is 0. The topological polar surface area (TPSA) is 59.0 Å². The van der Waals surface area contributed by atoms with E-state index in [2.05, 4.69) is 15.0 Å². The van der Waals surface area contributed by atoms with E-state index in [9.17, 15) is 4.79 Å². The number of rotatable bonds is 2. The van der Waals surface area contributed by atoms with Crippen LogP contribution in [0.2, 0.25) is 0 Å². The zero-order valence-electron chi connectivity index (χ0n) is 10.5. The predicted molar refractivity (Wildman–Crippen MR) is 72.9 cm³/mol. The van der Waals surface area contributed by atoms with Crippen molar-refractivity contribution in [1.82, 2.24) is 19.9 Å². The fourth-order valence-electron chi connectivity index (χ4n) is 2.15. The molecule has 2 aromatic heterocycles. The number of nitrogens with zero attached hydrogens (tertiary/aromatic N) is 4. The van der Waals surface area contributed by atoms with Gasteiger partial charge in [-0.2, -0.15) is 0 Å². The molecule has 19 heavy (non-hydrogen) atoms. The van der Waals surface area contributed by atoms with E-state index in [1.165, 1.54) is 17.8 Å². The van der Waals surface area contributed by atoms with Crippen LogP contribution >= 0.6 is 11.3 Å². The van der Waals surface area contributed by atoms with Gasteiger partial charge in [0.25, 0.3) is 5.91 Å². The SMILES string of the molecule is O=C(c1cnc(-c2cnccn2)s1)N1CCCCC1. The second-order valence-corrected chi connectivity index (χ2v) is 5.50. The molecule has 0 aromatic carbocycles. The summed E-state index contributed by atoms with van der Waals surface area (Å²) in [5, 5.41) is 0.744. The molecule has 0 aliphatic carbocycles. The smallest absolute Gasteiger partial charge is 0.265 e. The van der Waals surface area contributed by atoms with Crippen molar-refractivity contribution in [1.29, 1.82) is 0 Å². The van der Waals surface area contributed by atoms with E-state index in [1.807, 2.05) is 4.90 Å². The molecule has 0 N–H and O–H groups in total. The van der Waals surface area contributed by atoms with E-state index < -0.39 is 0 Å². The number of thiazole rings is 1. The number of amides is 1. The summed E-state index contributed by atoms with van der Waals surface area (Å²) in [4.78, 5) is 27.4. The molecule has 1 fully saturated rings. The van der Waals surface area contributed by atoms with Gasteiger partial charge in [-0.05, 0) is 19.3 Å². The summed E-state index contributed by atoms with van der Waals surface area (Å²) in [5.41, 5.74) is 0.713. The summed E-state index contributed by atoms with van der Waals surface area (Å²) in [7, 11) is 0. The Hall–Kier alpha value is -1.82. The van der Waals surface area contributed by atoms with E-state index in [1.54, 1.807) is 24.8 Å². The van der Waals surface area contributed by atoms with Crippen LogP contribution in [0.5, 0.6) is 0 Å². The molecule has 0 bridgehead atoms. The molecule has 0 atom stereocenters. The quantitative estimate of drug-likeness (QED) is 0.842. The maximum Gasteiger partial charge on any atom is 0.265 e. The predicted octanol–water partition coefficient (Wildman–Crippen LogP) is 2.23. The number of hydrogen-bond acceptors (Lipinski definition) is 5. The molecule has 0 radical (unpaired) electrons. The molecule has 0 spiro atoms. The van der Waals surface area contributed by atoms with E-state index in [4.69, 9.17) is 0 Å². The van der Waals surface area contributed by atoms with Gasteiger partial charge in [0.2, 0.25) is 0 Å². The lowest BCUT2D eigenvalue weighted by atomic mass is 10.1. The monoisotopic (exact) mass is 274 g/mol. The lowest BCUT2D eigenvalue weighted by Gasteiger charge is -2.25. The Kier molecular flexibility index (Phi) is 3.50. The fraction of sp³-hybridized carbons (Fsp3) is 0.385. The van der Waals surface area contributed by atoms with Crippen LogP contribution in [0.15, 0.2) is 24.8 Å². The molecule has 0 saturated carbocycles. The molecular formula is C13H14N4OS. The highest BCUT2D eigenvalue weighted by molar-refractivity contribution is 7.16. The zero-order chi connectivity index (χ0) is 13.1. The molecule has 2 aromatic rings. The maximum atomic E-state index is 12.3. The molecule has 1 aliphatic heterocycles. The molecule has 1 aliphatic rings. The molecular weight excluding hydrogens is 260 g/mol. The number of piperidine rings is 1. The normalized spacial score (nSPS) is 15.5. The highest BCUT2D eigenvalue weighted by Gasteiger charge is 2.20. The summed E-state index contributed by atoms with van der Waals surface area (Å²) in [6.45, 7) is 1.72. The van der Waals surface area contributed by atoms with Gasteiger partial charge >= 0.3 is 0 Å². The van der Waals surface area contributed by atoms with E-state index in [0.717, 1.165) is 30.9 Å². The second kappa shape index (κ2) is 5.44. The Morgan fingerprint density at radius 3 is 2.68 bits per heavy atom. The summed E-state index contributed by atoms with van der Waals surface area (Å²) in [5.74, 6) is 0.0901. The van der Waals surface area contributed by atoms with E-state index in [0.29, 0.717) is 10.6 Å². The molecule has 0 unspecified atom stereocenters. The van der Waals surface area contributed by atoms with Crippen molar-refractivity contribution in [2.24, 2.45) is 0 Å². The van der Waals surface area contributed by atoms with E-state index in [-0.39, 0.29) is 5.91 Å². The highest BCUT2D eigenvalue weighted by atomic mass is 32.1. The first-order valence-electron chi connectivity index (χ1n) is 6.36. The van der Waals surface area contributed by atoms with Crippen LogP contribution in [0.4, 0.5) is 0 Å². The van der Waals surface area contributed by atoms with Gasteiger partial charge in [-0.15, -0.1) is 11.3 Å². The Morgan fingerprint density at radius 1 is 1.11 bits per heavy atom. The number of hydrogen-bond donors (Lipinski definition) is 0. The first-order valence-corrected chi connectivity index (χ1v) is 7.18. The van der Waals surface area contributed by atoms with Crippen LogP contribution in [0, 0.1) is 0 Å². The van der Waals surface area contributed by atoms with Gasteiger partial charge in [-0.25, -0.2) is 4.98 Å². The number of carbonyl (C=O) groups is 1. The van der Waals surface area contributed by atoms with Gasteiger partial charge < -0.3 is 4.90 Å². The Labute approximate surface area is 115 Å². The Morgan fingerprint density at radius 2 is 1.95 bits per heavy atom. The lowest BCUT2D eigenvalue weighted by molar-refractivity contribution is 0.0729. The first kappa shape index (κ1) is 12.2. The van der Waals surface area contributed by atoms with Gasteiger partial charge in [-0.1, -0.05) is 0 Å². The number of likely N-dealkylation sites (tertiary alicyclic amines) is 1. The third-order valence-corrected chi connectivity index (χ3v) is 4.15. The van der Waals surface area contributed by atoms with Gasteiger partial charge in [0.15, 0.2) is 0 Å². The van der Waals surface area contributed by atoms with E-state index >= 15 is 0 Å². The van der Waals surface area contributed by atoms with Gasteiger partial charge in [-0.3, -0.25) is 14.8 Å². The zero-order valence-corrected chi connectivity index (χ0v) is 11.3. The van der Waals surface area contributed by atoms with Crippen molar-refractivity contribution >= 4 is 17.2 Å². The molecule has 5 nitrogen and oxygen atoms in total. The van der Waals surface area contributed by atoms with Crippen LogP contribution in [0.25, 0.3) is 10.7 Å². The van der Waals surface area contributed by atoms with Crippen molar-refractivity contribution in [3.8, 4) is 10.7 Å². The van der Waals surface area contributed by atoms with Crippen LogP contribution < -0.4 is 0 Å². The number of aromatic nitrogens is 3. The van der Waals surface area contributed by atoms with Crippen LogP contribution in [-0.4, -0.2) is 38.8 Å². The van der Waals surface area contributed by atoms with Gasteiger partial charge in [0.1, 0.15) is 15.6 Å². The summed E-state index contributed by atoms with van der Waals surface area (Å²) in [6.07, 6.45) is 9.97. The minimum absolute atomic E-state index is 0.0901. The third kappa shape index (κ3) is 2.63. The minimum atomic E-state index is 0.0901. The first-order chi connectivity index (χ1) is 9.34. The fourth-order valence-corrected chi connectivity index (χ4v) is 3.00. The summed E-state index contributed by atoms with van der Waals surface area (Å²) < 4.78 is 0. The molecule has 1 amide bonds. The van der Waals surface area contributed by atoms with Crippen LogP contribution in [-0.2, 0) is 0 Å². The molecule has 1 saturated heterocycles. The minimum Gasteiger partial charge on any atom is -0.338 e. The van der Waals surface area contributed by atoms with Crippen molar-refractivity contribution < 1.29 is 4.79 Å². The second-order valence-electron chi connectivity index (χ2n) is 4.47. The maximum absolute atomic E-state index is 12.3. The molecule has 3 heterocycles. The van der Waals surface area contributed by atoms with Crippen LogP contribution in [0.3, 0.4) is 0 Å². The number of carbonyl (C=O) groups excluding carboxylic acids is 1. The molecule has 6 heteroatoms. The van der Waals surface area contributed by atoms with Crippen molar-refractivity contribution in [2.75, 3.05) is 13.1 Å². The summed E-state index contributed by atoms with van der Waals surface area (Å²) >= 11 is 1.38. The largest absolute Gasteiger partial charge is 0.338 e. The standard InChI is InChI=1S/C13H14N4OS/c18-13(17-6-2-1-3-7-17)11-9-16-12(19-11)10-8-14-4-5-15-10/h4-5,8-9H,1-3,6-7H2. The highest BCUT2D eigenvalue weighted by Crippen LogP contribution is 2.24. The van der Waals surface area contributed by atoms with Crippen molar-refractivity contribution in [3.05, 3.63) is 29.7 Å². The lowest BCUT2D eigenvalue weighted by Crippen LogP contribution is -2.35. The van der Waals surface area contributed by atoms with Crippen LogP contribution in [0.1, 0.15) is 28.9 Å². The molecule has 98 valence electrons. The molecule has 3 rings (SSSR count). The average Bonchev–Trinajstić information content (AvgIpc) is 2.98. The van der Waals surface area contributed by atoms with Gasteiger partial charge in [0, 0.05) is 25.5 Å².